The monoisotopic (exact) mass is 300 g/mol. The van der Waals surface area contributed by atoms with E-state index in [0.717, 1.165) is 0 Å². The molecule has 0 bridgehead atoms. The van der Waals surface area contributed by atoms with Crippen molar-refractivity contribution in [3.63, 3.8) is 0 Å². The zero-order valence-electron chi connectivity index (χ0n) is 11.7. The average molecular weight is 300 g/mol. The van der Waals surface area contributed by atoms with E-state index in [-0.39, 0.29) is 6.03 Å². The summed E-state index contributed by atoms with van der Waals surface area (Å²) in [5.41, 5.74) is 3.05. The standard InChI is InChI=1S/C16H16N2O2S/c1-21(20)15-8-4-7-14(9-15)17-16(19)18-10-12-5-2-3-6-13(12)11-18/h2-9H,10-11H2,1H3,(H,17,19). The lowest BCUT2D eigenvalue weighted by atomic mass is 10.1. The van der Waals surface area contributed by atoms with Crippen molar-refractivity contribution >= 4 is 22.5 Å². The first-order chi connectivity index (χ1) is 10.1. The minimum Gasteiger partial charge on any atom is -0.316 e. The molecule has 2 aromatic rings. The minimum atomic E-state index is -1.05. The number of fused-ring (bicyclic) bond motifs is 1. The number of rotatable bonds is 2. The third-order valence-corrected chi connectivity index (χ3v) is 4.46. The molecule has 1 atom stereocenters. The zero-order chi connectivity index (χ0) is 14.8. The Morgan fingerprint density at radius 3 is 2.38 bits per heavy atom. The fraction of sp³-hybridized carbons (Fsp3) is 0.188. The van der Waals surface area contributed by atoms with E-state index in [1.165, 1.54) is 11.1 Å². The van der Waals surface area contributed by atoms with Gasteiger partial charge in [0.15, 0.2) is 0 Å². The van der Waals surface area contributed by atoms with E-state index in [4.69, 9.17) is 0 Å². The molecule has 0 fully saturated rings. The molecule has 3 rings (SSSR count). The van der Waals surface area contributed by atoms with E-state index < -0.39 is 10.8 Å². The Bertz CT molecular complexity index is 690. The van der Waals surface area contributed by atoms with Gasteiger partial charge >= 0.3 is 6.03 Å². The van der Waals surface area contributed by atoms with Crippen LogP contribution in [-0.4, -0.2) is 21.4 Å². The number of hydrogen-bond donors (Lipinski definition) is 1. The summed E-state index contributed by atoms with van der Waals surface area (Å²) in [4.78, 5) is 14.8. The number of anilines is 1. The second-order valence-corrected chi connectivity index (χ2v) is 6.42. The van der Waals surface area contributed by atoms with E-state index in [1.807, 2.05) is 24.3 Å². The van der Waals surface area contributed by atoms with Crippen molar-refractivity contribution in [1.29, 1.82) is 0 Å². The molecule has 0 saturated carbocycles. The molecular weight excluding hydrogens is 284 g/mol. The van der Waals surface area contributed by atoms with Gasteiger partial charge in [0.2, 0.25) is 0 Å². The van der Waals surface area contributed by atoms with Crippen molar-refractivity contribution in [2.75, 3.05) is 11.6 Å². The van der Waals surface area contributed by atoms with E-state index in [0.29, 0.717) is 23.7 Å². The highest BCUT2D eigenvalue weighted by Crippen LogP contribution is 2.23. The van der Waals surface area contributed by atoms with Crippen LogP contribution in [0.4, 0.5) is 10.5 Å². The summed E-state index contributed by atoms with van der Waals surface area (Å²) >= 11 is 0. The summed E-state index contributed by atoms with van der Waals surface area (Å²) in [6.45, 7) is 1.25. The molecule has 1 N–H and O–H groups in total. The van der Waals surface area contributed by atoms with Crippen LogP contribution in [0.15, 0.2) is 53.4 Å². The zero-order valence-corrected chi connectivity index (χ0v) is 12.5. The van der Waals surface area contributed by atoms with Gasteiger partial charge in [0.05, 0.1) is 0 Å². The Kier molecular flexibility index (Phi) is 3.75. The van der Waals surface area contributed by atoms with Gasteiger partial charge in [-0.3, -0.25) is 4.21 Å². The number of urea groups is 1. The van der Waals surface area contributed by atoms with E-state index in [2.05, 4.69) is 5.32 Å². The van der Waals surface area contributed by atoms with Gasteiger partial charge in [-0.15, -0.1) is 0 Å². The molecule has 108 valence electrons. The van der Waals surface area contributed by atoms with Gasteiger partial charge in [-0.25, -0.2) is 4.79 Å². The first kappa shape index (κ1) is 13.8. The smallest absolute Gasteiger partial charge is 0.316 e. The summed E-state index contributed by atoms with van der Waals surface area (Å²) in [6, 6.07) is 15.1. The summed E-state index contributed by atoms with van der Waals surface area (Å²) < 4.78 is 11.5. The van der Waals surface area contributed by atoms with E-state index >= 15 is 0 Å². The van der Waals surface area contributed by atoms with Crippen LogP contribution in [0.2, 0.25) is 0 Å². The number of carbonyl (C=O) groups excluding carboxylic acids is 1. The number of hydrogen-bond acceptors (Lipinski definition) is 2. The Hall–Kier alpha value is -2.14. The van der Waals surface area contributed by atoms with Gasteiger partial charge in [-0.05, 0) is 29.3 Å². The molecule has 5 heteroatoms. The Morgan fingerprint density at radius 2 is 1.76 bits per heavy atom. The maximum Gasteiger partial charge on any atom is 0.322 e. The normalized spacial score (nSPS) is 14.6. The number of nitrogens with one attached hydrogen (secondary N) is 1. The molecule has 2 aromatic carbocycles. The molecule has 0 radical (unpaired) electrons. The van der Waals surface area contributed by atoms with Gasteiger partial charge in [0.1, 0.15) is 0 Å². The molecule has 0 aromatic heterocycles. The van der Waals surface area contributed by atoms with Gasteiger partial charge in [0.25, 0.3) is 0 Å². The van der Waals surface area contributed by atoms with Crippen LogP contribution in [0, 0.1) is 0 Å². The maximum atomic E-state index is 12.3. The first-order valence-electron chi connectivity index (χ1n) is 6.70. The van der Waals surface area contributed by atoms with Gasteiger partial charge in [0, 0.05) is 40.7 Å². The second-order valence-electron chi connectivity index (χ2n) is 5.04. The van der Waals surface area contributed by atoms with Crippen molar-refractivity contribution in [3.05, 3.63) is 59.7 Å². The quantitative estimate of drug-likeness (QED) is 0.927. The predicted octanol–water partition coefficient (Wildman–Crippen LogP) is 2.97. The van der Waals surface area contributed by atoms with Crippen molar-refractivity contribution < 1.29 is 9.00 Å². The lowest BCUT2D eigenvalue weighted by Crippen LogP contribution is -2.30. The lowest BCUT2D eigenvalue weighted by Gasteiger charge is -2.16. The number of nitrogens with zero attached hydrogens (tertiary/aromatic N) is 1. The third kappa shape index (κ3) is 2.97. The SMILES string of the molecule is CS(=O)c1cccc(NC(=O)N2Cc3ccccc3C2)c1. The highest BCUT2D eigenvalue weighted by molar-refractivity contribution is 7.84. The molecule has 0 aliphatic carbocycles. The number of benzene rings is 2. The second kappa shape index (κ2) is 5.69. The van der Waals surface area contributed by atoms with E-state index in [1.54, 1.807) is 35.4 Å². The predicted molar refractivity (Wildman–Crippen MR) is 83.5 cm³/mol. The first-order valence-corrected chi connectivity index (χ1v) is 8.25. The van der Waals surface area contributed by atoms with Crippen molar-refractivity contribution in [3.8, 4) is 0 Å². The van der Waals surface area contributed by atoms with Crippen LogP contribution in [0.3, 0.4) is 0 Å². The molecule has 1 aliphatic rings. The average Bonchev–Trinajstić information content (AvgIpc) is 2.91. The maximum absolute atomic E-state index is 12.3. The number of carbonyl (C=O) groups is 1. The lowest BCUT2D eigenvalue weighted by molar-refractivity contribution is 0.212. The minimum absolute atomic E-state index is 0.134. The molecule has 1 aliphatic heterocycles. The van der Waals surface area contributed by atoms with Crippen molar-refractivity contribution in [2.45, 2.75) is 18.0 Å². The summed E-state index contributed by atoms with van der Waals surface area (Å²) in [5.74, 6) is 0. The molecule has 4 nitrogen and oxygen atoms in total. The molecular formula is C16H16N2O2S. The Labute approximate surface area is 126 Å². The molecule has 1 heterocycles. The molecule has 1 unspecified atom stereocenters. The fourth-order valence-corrected chi connectivity index (χ4v) is 3.00. The summed E-state index contributed by atoms with van der Waals surface area (Å²) in [5, 5.41) is 2.87. The van der Waals surface area contributed by atoms with Crippen molar-refractivity contribution in [1.82, 2.24) is 4.90 Å². The number of amides is 2. The van der Waals surface area contributed by atoms with Crippen LogP contribution in [0.1, 0.15) is 11.1 Å². The van der Waals surface area contributed by atoms with Crippen LogP contribution >= 0.6 is 0 Å². The Morgan fingerprint density at radius 1 is 1.10 bits per heavy atom. The van der Waals surface area contributed by atoms with Crippen LogP contribution < -0.4 is 5.32 Å². The molecule has 0 saturated heterocycles. The van der Waals surface area contributed by atoms with Crippen LogP contribution in [0.25, 0.3) is 0 Å². The molecule has 0 spiro atoms. The van der Waals surface area contributed by atoms with Crippen LogP contribution in [0.5, 0.6) is 0 Å². The Balaban J connectivity index is 1.71. The third-order valence-electron chi connectivity index (χ3n) is 3.55. The van der Waals surface area contributed by atoms with Gasteiger partial charge in [-0.1, -0.05) is 30.3 Å². The fourth-order valence-electron chi connectivity index (χ4n) is 2.43. The van der Waals surface area contributed by atoms with Crippen LogP contribution in [-0.2, 0) is 23.9 Å². The highest BCUT2D eigenvalue weighted by atomic mass is 32.2. The largest absolute Gasteiger partial charge is 0.322 e. The van der Waals surface area contributed by atoms with Crippen molar-refractivity contribution in [2.24, 2.45) is 0 Å². The van der Waals surface area contributed by atoms with Gasteiger partial charge < -0.3 is 10.2 Å². The summed E-state index contributed by atoms with van der Waals surface area (Å²) in [7, 11) is -1.05. The molecule has 2 amide bonds. The topological polar surface area (TPSA) is 49.4 Å². The molecule has 21 heavy (non-hydrogen) atoms. The highest BCUT2D eigenvalue weighted by Gasteiger charge is 2.22. The van der Waals surface area contributed by atoms with Gasteiger partial charge in [-0.2, -0.15) is 0 Å². The van der Waals surface area contributed by atoms with E-state index in [9.17, 15) is 9.00 Å². The summed E-state index contributed by atoms with van der Waals surface area (Å²) in [6.07, 6.45) is 1.62.